The van der Waals surface area contributed by atoms with Crippen molar-refractivity contribution >= 4 is 0 Å². The predicted octanol–water partition coefficient (Wildman–Crippen LogP) is 3.86. The van der Waals surface area contributed by atoms with E-state index in [0.717, 1.165) is 18.3 Å². The highest BCUT2D eigenvalue weighted by Gasteiger charge is 2.69. The van der Waals surface area contributed by atoms with E-state index in [-0.39, 0.29) is 11.5 Å². The smallest absolute Gasteiger partial charge is 0.0599 e. The third-order valence-electron chi connectivity index (χ3n) is 7.27. The first-order chi connectivity index (χ1) is 7.73. The highest BCUT2D eigenvalue weighted by molar-refractivity contribution is 5.17. The van der Waals surface area contributed by atoms with E-state index in [4.69, 9.17) is 0 Å². The van der Waals surface area contributed by atoms with Gasteiger partial charge < -0.3 is 5.11 Å². The predicted molar refractivity (Wildman–Crippen MR) is 70.6 cm³/mol. The Morgan fingerprint density at radius 3 is 2.18 bits per heavy atom. The number of aliphatic hydroxyl groups excluding tert-OH is 1. The summed E-state index contributed by atoms with van der Waals surface area (Å²) in [5.74, 6) is 2.38. The third kappa shape index (κ3) is 1.20. The average molecular weight is 236 g/mol. The average Bonchev–Trinajstić information content (AvgIpc) is 2.61. The van der Waals surface area contributed by atoms with E-state index in [0.29, 0.717) is 16.7 Å². The molecule has 1 unspecified atom stereocenters. The summed E-state index contributed by atoms with van der Waals surface area (Å²) >= 11 is 0. The molecule has 0 heterocycles. The lowest BCUT2D eigenvalue weighted by molar-refractivity contribution is -0.0770. The highest BCUT2D eigenvalue weighted by atomic mass is 16.3. The number of aliphatic hydroxyl groups is 1. The number of hydrogen-bond donors (Lipinski definition) is 1. The number of rotatable bonds is 0. The van der Waals surface area contributed by atoms with E-state index in [1.807, 2.05) is 0 Å². The minimum atomic E-state index is -0.0916. The highest BCUT2D eigenvalue weighted by Crippen LogP contribution is 2.74. The van der Waals surface area contributed by atoms with Crippen molar-refractivity contribution in [3.63, 3.8) is 0 Å². The van der Waals surface area contributed by atoms with Crippen LogP contribution in [0.5, 0.6) is 0 Å². The summed E-state index contributed by atoms with van der Waals surface area (Å²) in [6, 6.07) is 0. The van der Waals surface area contributed by atoms with Gasteiger partial charge in [-0.15, -0.1) is 0 Å². The zero-order valence-electron chi connectivity index (χ0n) is 12.1. The van der Waals surface area contributed by atoms with Crippen LogP contribution < -0.4 is 0 Å². The largest absolute Gasteiger partial charge is 0.393 e. The SMILES string of the molecule is C[C@@H]1CC[C@H]2C(C)(C)[C@H]3C[C@@]12CC(O)C3(C)C. The topological polar surface area (TPSA) is 20.2 Å². The van der Waals surface area contributed by atoms with Gasteiger partial charge in [-0.25, -0.2) is 0 Å². The fraction of sp³-hybridized carbons (Fsp3) is 1.00. The molecule has 1 heteroatoms. The Morgan fingerprint density at radius 2 is 1.53 bits per heavy atom. The molecule has 3 fully saturated rings. The van der Waals surface area contributed by atoms with Crippen molar-refractivity contribution in [3.05, 3.63) is 0 Å². The molecule has 0 aromatic heterocycles. The van der Waals surface area contributed by atoms with Crippen LogP contribution in [0.25, 0.3) is 0 Å². The molecule has 3 aliphatic rings. The molecule has 0 radical (unpaired) electrons. The van der Waals surface area contributed by atoms with Gasteiger partial charge in [-0.2, -0.15) is 0 Å². The van der Waals surface area contributed by atoms with Crippen LogP contribution in [0.1, 0.15) is 60.3 Å². The molecule has 3 rings (SSSR count). The molecule has 5 atom stereocenters. The van der Waals surface area contributed by atoms with E-state index in [9.17, 15) is 5.11 Å². The van der Waals surface area contributed by atoms with E-state index >= 15 is 0 Å². The van der Waals surface area contributed by atoms with Crippen molar-refractivity contribution in [1.29, 1.82) is 0 Å². The van der Waals surface area contributed by atoms with Crippen molar-refractivity contribution < 1.29 is 5.11 Å². The monoisotopic (exact) mass is 236 g/mol. The van der Waals surface area contributed by atoms with Crippen molar-refractivity contribution in [3.8, 4) is 0 Å². The first-order valence-electron chi connectivity index (χ1n) is 7.41. The van der Waals surface area contributed by atoms with E-state index in [1.165, 1.54) is 19.3 Å². The van der Waals surface area contributed by atoms with Crippen molar-refractivity contribution in [2.45, 2.75) is 66.4 Å². The number of fused-ring (bicyclic) bond motifs is 1. The summed E-state index contributed by atoms with van der Waals surface area (Å²) in [6.45, 7) is 12.0. The molecular weight excluding hydrogens is 208 g/mol. The molecule has 0 aromatic carbocycles. The summed E-state index contributed by atoms with van der Waals surface area (Å²) in [4.78, 5) is 0. The first-order valence-corrected chi connectivity index (χ1v) is 7.41. The second kappa shape index (κ2) is 3.10. The van der Waals surface area contributed by atoms with Gasteiger partial charge in [0.1, 0.15) is 0 Å². The van der Waals surface area contributed by atoms with Gasteiger partial charge in [0.15, 0.2) is 0 Å². The Hall–Kier alpha value is -0.0400. The lowest BCUT2D eigenvalue weighted by Gasteiger charge is -2.48. The summed E-state index contributed by atoms with van der Waals surface area (Å²) < 4.78 is 0. The fourth-order valence-electron chi connectivity index (χ4n) is 6.18. The van der Waals surface area contributed by atoms with Gasteiger partial charge in [0.25, 0.3) is 0 Å². The maximum atomic E-state index is 10.6. The molecule has 0 amide bonds. The van der Waals surface area contributed by atoms with Gasteiger partial charge in [-0.3, -0.25) is 0 Å². The molecule has 1 nitrogen and oxygen atoms in total. The molecule has 0 saturated heterocycles. The second-order valence-corrected chi connectivity index (χ2v) is 8.38. The molecule has 2 bridgehead atoms. The molecule has 17 heavy (non-hydrogen) atoms. The van der Waals surface area contributed by atoms with Gasteiger partial charge >= 0.3 is 0 Å². The molecule has 0 aromatic rings. The van der Waals surface area contributed by atoms with Crippen molar-refractivity contribution in [2.24, 2.45) is 34.0 Å². The van der Waals surface area contributed by atoms with Crippen LogP contribution in [-0.4, -0.2) is 11.2 Å². The standard InChI is InChI=1S/C16H28O/c1-10-6-7-11-14(2,3)12-8-16(10,11)9-13(17)15(12,4)5/h10-13,17H,6-9H2,1-5H3/t10-,11+,12-,13?,16-/m1/s1. The Labute approximate surface area is 106 Å². The lowest BCUT2D eigenvalue weighted by atomic mass is 9.58. The Kier molecular flexibility index (Phi) is 2.19. The van der Waals surface area contributed by atoms with Crippen molar-refractivity contribution in [2.75, 3.05) is 0 Å². The van der Waals surface area contributed by atoms with E-state index < -0.39 is 0 Å². The van der Waals surface area contributed by atoms with Crippen LogP contribution in [0.2, 0.25) is 0 Å². The Bertz CT molecular complexity index is 343. The van der Waals surface area contributed by atoms with Crippen LogP contribution in [-0.2, 0) is 0 Å². The quantitative estimate of drug-likeness (QED) is 0.677. The normalized spacial score (nSPS) is 54.7. The lowest BCUT2D eigenvalue weighted by Crippen LogP contribution is -2.46. The van der Waals surface area contributed by atoms with Gasteiger partial charge in [-0.05, 0) is 59.7 Å². The molecule has 1 N–H and O–H groups in total. The molecular formula is C16H28O. The second-order valence-electron chi connectivity index (χ2n) is 8.38. The summed E-state index contributed by atoms with van der Waals surface area (Å²) in [7, 11) is 0. The molecule has 0 aliphatic heterocycles. The van der Waals surface area contributed by atoms with Crippen LogP contribution in [0.15, 0.2) is 0 Å². The van der Waals surface area contributed by atoms with Gasteiger partial charge in [0.2, 0.25) is 0 Å². The van der Waals surface area contributed by atoms with Crippen LogP contribution in [0.3, 0.4) is 0 Å². The van der Waals surface area contributed by atoms with Gasteiger partial charge in [0, 0.05) is 0 Å². The van der Waals surface area contributed by atoms with Crippen LogP contribution in [0.4, 0.5) is 0 Å². The zero-order valence-corrected chi connectivity index (χ0v) is 12.1. The molecule has 98 valence electrons. The summed E-state index contributed by atoms with van der Waals surface area (Å²) in [5, 5.41) is 10.6. The van der Waals surface area contributed by atoms with Crippen LogP contribution >= 0.6 is 0 Å². The molecule has 1 spiro atoms. The zero-order chi connectivity index (χ0) is 12.6. The maximum Gasteiger partial charge on any atom is 0.0599 e. The summed E-state index contributed by atoms with van der Waals surface area (Å²) in [6.07, 6.45) is 5.12. The minimum Gasteiger partial charge on any atom is -0.393 e. The van der Waals surface area contributed by atoms with E-state index in [1.54, 1.807) is 0 Å². The summed E-state index contributed by atoms with van der Waals surface area (Å²) in [5.41, 5.74) is 1.01. The van der Waals surface area contributed by atoms with Gasteiger partial charge in [0.05, 0.1) is 6.10 Å². The van der Waals surface area contributed by atoms with Crippen LogP contribution in [0, 0.1) is 34.0 Å². The van der Waals surface area contributed by atoms with Crippen molar-refractivity contribution in [1.82, 2.24) is 0 Å². The first kappa shape index (κ1) is 12.0. The maximum absolute atomic E-state index is 10.6. The third-order valence-corrected chi connectivity index (χ3v) is 7.27. The van der Waals surface area contributed by atoms with E-state index in [2.05, 4.69) is 34.6 Å². The van der Waals surface area contributed by atoms with Gasteiger partial charge in [-0.1, -0.05) is 34.6 Å². The minimum absolute atomic E-state index is 0.0916. The molecule has 3 aliphatic carbocycles. The fourth-order valence-corrected chi connectivity index (χ4v) is 6.18. The molecule has 3 saturated carbocycles. The Balaban J connectivity index is 2.10. The number of hydrogen-bond acceptors (Lipinski definition) is 1. The Morgan fingerprint density at radius 1 is 0.882 bits per heavy atom.